The van der Waals surface area contributed by atoms with Crippen LogP contribution in [-0.2, 0) is 18.3 Å². The second-order valence-electron chi connectivity index (χ2n) is 7.38. The molecule has 0 aliphatic rings. The van der Waals surface area contributed by atoms with Gasteiger partial charge in [0.05, 0.1) is 17.8 Å². The molecule has 0 bridgehead atoms. The van der Waals surface area contributed by atoms with Crippen molar-refractivity contribution in [2.75, 3.05) is 0 Å². The molecular weight excluding hydrogens is 374 g/mol. The quantitative estimate of drug-likeness (QED) is 0.538. The summed E-state index contributed by atoms with van der Waals surface area (Å²) in [5.41, 5.74) is 4.76. The van der Waals surface area contributed by atoms with Gasteiger partial charge in [-0.3, -0.25) is 4.79 Å². The van der Waals surface area contributed by atoms with Crippen molar-refractivity contribution in [1.29, 1.82) is 0 Å². The van der Waals surface area contributed by atoms with Crippen LogP contribution in [-0.4, -0.2) is 25.2 Å². The van der Waals surface area contributed by atoms with Gasteiger partial charge >= 0.3 is 0 Å². The maximum Gasteiger partial charge on any atom is 0.225 e. The van der Waals surface area contributed by atoms with E-state index < -0.39 is 0 Å². The number of amides is 1. The van der Waals surface area contributed by atoms with E-state index in [1.54, 1.807) is 6.20 Å². The minimum atomic E-state index is -0.316. The minimum absolute atomic E-state index is 0.0642. The number of hydrogen-bond donors (Lipinski definition) is 1. The Morgan fingerprint density at radius 3 is 2.33 bits per heavy atom. The van der Waals surface area contributed by atoms with Crippen LogP contribution < -0.4 is 5.32 Å². The molecule has 0 aliphatic heterocycles. The summed E-state index contributed by atoms with van der Waals surface area (Å²) in [4.78, 5) is 17.5. The third-order valence-electron chi connectivity index (χ3n) is 5.33. The Morgan fingerprint density at radius 2 is 1.70 bits per heavy atom. The molecule has 0 aliphatic carbocycles. The zero-order chi connectivity index (χ0) is 21.1. The second kappa shape index (κ2) is 8.37. The molecule has 6 nitrogen and oxygen atoms in total. The zero-order valence-electron chi connectivity index (χ0n) is 17.4. The lowest BCUT2D eigenvalue weighted by molar-refractivity contribution is -0.121. The van der Waals surface area contributed by atoms with Gasteiger partial charge in [-0.15, -0.1) is 0 Å². The van der Waals surface area contributed by atoms with Gasteiger partial charge in [0.1, 0.15) is 11.9 Å². The summed E-state index contributed by atoms with van der Waals surface area (Å²) in [6.07, 6.45) is 3.89. The Morgan fingerprint density at radius 1 is 1.03 bits per heavy atom. The molecule has 1 amide bonds. The molecule has 6 heteroatoms. The lowest BCUT2D eigenvalue weighted by Crippen LogP contribution is -2.32. The van der Waals surface area contributed by atoms with Crippen molar-refractivity contribution >= 4 is 5.91 Å². The number of benzene rings is 2. The average Bonchev–Trinajstić information content (AvgIpc) is 3.31. The summed E-state index contributed by atoms with van der Waals surface area (Å²) in [6, 6.07) is 19.6. The number of carbonyl (C=O) groups is 1. The van der Waals surface area contributed by atoms with Crippen molar-refractivity contribution in [3.05, 3.63) is 101 Å². The van der Waals surface area contributed by atoms with E-state index in [1.165, 1.54) is 0 Å². The molecule has 0 unspecified atom stereocenters. The topological polar surface area (TPSA) is 64.7 Å². The Hall–Kier alpha value is -3.67. The van der Waals surface area contributed by atoms with Crippen LogP contribution in [0, 0.1) is 13.8 Å². The normalized spacial score (nSPS) is 12.0. The minimum Gasteiger partial charge on any atom is -0.342 e. The van der Waals surface area contributed by atoms with Gasteiger partial charge in [-0.25, -0.2) is 9.67 Å². The second-order valence-corrected chi connectivity index (χ2v) is 7.38. The van der Waals surface area contributed by atoms with Crippen LogP contribution in [0.2, 0.25) is 0 Å². The molecule has 1 N–H and O–H groups in total. The van der Waals surface area contributed by atoms with Gasteiger partial charge in [0.2, 0.25) is 5.91 Å². The summed E-state index contributed by atoms with van der Waals surface area (Å²) in [7, 11) is 1.93. The number of para-hydroxylation sites is 1. The summed E-state index contributed by atoms with van der Waals surface area (Å²) in [5, 5.41) is 7.82. The van der Waals surface area contributed by atoms with Crippen LogP contribution in [0.1, 0.15) is 34.4 Å². The van der Waals surface area contributed by atoms with Crippen LogP contribution in [0.15, 0.2) is 73.1 Å². The molecule has 2 aromatic heterocycles. The highest BCUT2D eigenvalue weighted by molar-refractivity contribution is 5.80. The molecule has 152 valence electrons. The third-order valence-corrected chi connectivity index (χ3v) is 5.33. The van der Waals surface area contributed by atoms with Gasteiger partial charge in [0, 0.05) is 30.7 Å². The van der Waals surface area contributed by atoms with Gasteiger partial charge in [0.25, 0.3) is 0 Å². The van der Waals surface area contributed by atoms with Crippen molar-refractivity contribution in [3.8, 4) is 5.69 Å². The molecular formula is C24H25N5O. The largest absolute Gasteiger partial charge is 0.342 e. The summed E-state index contributed by atoms with van der Waals surface area (Å²) >= 11 is 0. The van der Waals surface area contributed by atoms with Gasteiger partial charge in [-0.1, -0.05) is 48.5 Å². The van der Waals surface area contributed by atoms with Crippen molar-refractivity contribution < 1.29 is 4.79 Å². The fourth-order valence-electron chi connectivity index (χ4n) is 3.72. The Bertz CT molecular complexity index is 1150. The van der Waals surface area contributed by atoms with E-state index >= 15 is 0 Å². The zero-order valence-corrected chi connectivity index (χ0v) is 17.4. The number of aryl methyl sites for hydroxylation is 2. The van der Waals surface area contributed by atoms with E-state index in [9.17, 15) is 4.79 Å². The molecule has 2 heterocycles. The molecule has 0 saturated carbocycles. The molecule has 1 atom stereocenters. The van der Waals surface area contributed by atoms with E-state index in [-0.39, 0.29) is 18.4 Å². The predicted molar refractivity (Wildman–Crippen MR) is 116 cm³/mol. The van der Waals surface area contributed by atoms with E-state index in [4.69, 9.17) is 0 Å². The molecule has 0 spiro atoms. The standard InChI is InChI=1S/C24H25N5O/c1-17-21(18(2)29(27-17)20-12-8-5-9-13-20)16-22(30)26-23(19-10-6-4-7-11-19)24-25-14-15-28(24)3/h4-15,23H,16H2,1-3H3,(H,26,30)/t23-/m1/s1. The van der Waals surface area contributed by atoms with Gasteiger partial charge in [-0.2, -0.15) is 5.10 Å². The molecule has 0 fully saturated rings. The first-order valence-electron chi connectivity index (χ1n) is 9.96. The Labute approximate surface area is 176 Å². The molecule has 4 rings (SSSR count). The van der Waals surface area contributed by atoms with E-state index in [0.717, 1.165) is 34.0 Å². The lowest BCUT2D eigenvalue weighted by Gasteiger charge is -2.19. The summed E-state index contributed by atoms with van der Waals surface area (Å²) in [5.74, 6) is 0.730. The number of imidazole rings is 1. The van der Waals surface area contributed by atoms with Crippen LogP contribution in [0.25, 0.3) is 5.69 Å². The molecule has 0 radical (unpaired) electrons. The number of rotatable bonds is 6. The highest BCUT2D eigenvalue weighted by Crippen LogP contribution is 2.22. The first-order chi connectivity index (χ1) is 14.5. The number of nitrogens with one attached hydrogen (secondary N) is 1. The SMILES string of the molecule is Cc1nn(-c2ccccc2)c(C)c1CC(=O)N[C@H](c1ccccc1)c1nccn1C. The van der Waals surface area contributed by atoms with Crippen molar-refractivity contribution in [2.24, 2.45) is 7.05 Å². The third kappa shape index (κ3) is 3.89. The number of nitrogens with zero attached hydrogens (tertiary/aromatic N) is 4. The Kier molecular flexibility index (Phi) is 5.48. The van der Waals surface area contributed by atoms with Gasteiger partial charge < -0.3 is 9.88 Å². The maximum absolute atomic E-state index is 13.1. The first-order valence-corrected chi connectivity index (χ1v) is 9.96. The van der Waals surface area contributed by atoms with Gasteiger partial charge in [0.15, 0.2) is 0 Å². The Balaban J connectivity index is 1.59. The highest BCUT2D eigenvalue weighted by atomic mass is 16.1. The monoisotopic (exact) mass is 399 g/mol. The van der Waals surface area contributed by atoms with E-state index in [2.05, 4.69) is 15.4 Å². The van der Waals surface area contributed by atoms with Crippen molar-refractivity contribution in [2.45, 2.75) is 26.3 Å². The fraction of sp³-hybridized carbons (Fsp3) is 0.208. The lowest BCUT2D eigenvalue weighted by atomic mass is 10.0. The molecule has 2 aromatic carbocycles. The van der Waals surface area contributed by atoms with E-state index in [0.29, 0.717) is 0 Å². The summed E-state index contributed by atoms with van der Waals surface area (Å²) in [6.45, 7) is 3.95. The number of aromatic nitrogens is 4. The predicted octanol–water partition coefficient (Wildman–Crippen LogP) is 3.67. The number of carbonyl (C=O) groups excluding carboxylic acids is 1. The average molecular weight is 399 g/mol. The summed E-state index contributed by atoms with van der Waals surface area (Å²) < 4.78 is 3.83. The van der Waals surface area contributed by atoms with E-state index in [1.807, 2.05) is 97.0 Å². The van der Waals surface area contributed by atoms with Crippen LogP contribution in [0.3, 0.4) is 0 Å². The maximum atomic E-state index is 13.1. The highest BCUT2D eigenvalue weighted by Gasteiger charge is 2.22. The van der Waals surface area contributed by atoms with Crippen LogP contribution >= 0.6 is 0 Å². The smallest absolute Gasteiger partial charge is 0.225 e. The van der Waals surface area contributed by atoms with Crippen molar-refractivity contribution in [1.82, 2.24) is 24.6 Å². The number of hydrogen-bond acceptors (Lipinski definition) is 3. The van der Waals surface area contributed by atoms with Crippen LogP contribution in [0.5, 0.6) is 0 Å². The molecule has 4 aromatic rings. The fourth-order valence-corrected chi connectivity index (χ4v) is 3.72. The van der Waals surface area contributed by atoms with Gasteiger partial charge in [-0.05, 0) is 31.5 Å². The molecule has 0 saturated heterocycles. The van der Waals surface area contributed by atoms with Crippen molar-refractivity contribution in [3.63, 3.8) is 0 Å². The molecule has 30 heavy (non-hydrogen) atoms. The van der Waals surface area contributed by atoms with Crippen LogP contribution in [0.4, 0.5) is 0 Å². The first kappa shape index (κ1) is 19.6.